The van der Waals surface area contributed by atoms with E-state index < -0.39 is 0 Å². The van der Waals surface area contributed by atoms with Crippen molar-refractivity contribution in [2.75, 3.05) is 19.6 Å². The highest BCUT2D eigenvalue weighted by atomic mass is 15.2. The van der Waals surface area contributed by atoms with Gasteiger partial charge in [-0.25, -0.2) is 0 Å². The molecule has 3 aliphatic heterocycles. The SMILES string of the molecule is NCC1=CC2CCN1CC2. The van der Waals surface area contributed by atoms with Crippen molar-refractivity contribution in [3.05, 3.63) is 11.8 Å². The highest BCUT2D eigenvalue weighted by Gasteiger charge is 2.24. The third kappa shape index (κ3) is 0.833. The Labute approximate surface area is 61.7 Å². The molecule has 56 valence electrons. The molecule has 0 amide bonds. The summed E-state index contributed by atoms with van der Waals surface area (Å²) in [5.41, 5.74) is 6.96. The smallest absolute Gasteiger partial charge is 0.0327 e. The average Bonchev–Trinajstić information content (AvgIpc) is 2.06. The van der Waals surface area contributed by atoms with E-state index in [1.807, 2.05) is 0 Å². The Bertz CT molecular complexity index is 155. The van der Waals surface area contributed by atoms with Gasteiger partial charge in [0.1, 0.15) is 0 Å². The highest BCUT2D eigenvalue weighted by Crippen LogP contribution is 2.28. The summed E-state index contributed by atoms with van der Waals surface area (Å²) >= 11 is 0. The molecule has 0 atom stereocenters. The summed E-state index contributed by atoms with van der Waals surface area (Å²) in [5, 5.41) is 0. The number of nitrogens with zero attached hydrogens (tertiary/aromatic N) is 1. The monoisotopic (exact) mass is 138 g/mol. The average molecular weight is 138 g/mol. The third-order valence-electron chi connectivity index (χ3n) is 2.58. The van der Waals surface area contributed by atoms with Crippen molar-refractivity contribution < 1.29 is 0 Å². The predicted molar refractivity (Wildman–Crippen MR) is 41.4 cm³/mol. The zero-order chi connectivity index (χ0) is 6.97. The number of rotatable bonds is 1. The summed E-state index contributed by atoms with van der Waals surface area (Å²) in [6.45, 7) is 3.22. The summed E-state index contributed by atoms with van der Waals surface area (Å²) in [6.07, 6.45) is 5.06. The van der Waals surface area contributed by atoms with E-state index in [1.54, 1.807) is 0 Å². The second-order valence-corrected chi connectivity index (χ2v) is 3.19. The van der Waals surface area contributed by atoms with Crippen LogP contribution in [0.25, 0.3) is 0 Å². The van der Waals surface area contributed by atoms with E-state index in [2.05, 4.69) is 11.0 Å². The number of hydrogen-bond donors (Lipinski definition) is 1. The van der Waals surface area contributed by atoms with Gasteiger partial charge < -0.3 is 10.6 Å². The second-order valence-electron chi connectivity index (χ2n) is 3.19. The number of fused-ring (bicyclic) bond motifs is 2. The maximum absolute atomic E-state index is 5.58. The summed E-state index contributed by atoms with van der Waals surface area (Å²) in [6, 6.07) is 0. The first-order valence-electron chi connectivity index (χ1n) is 4.06. The maximum atomic E-state index is 5.58. The molecule has 1 fully saturated rings. The van der Waals surface area contributed by atoms with Gasteiger partial charge in [0.15, 0.2) is 0 Å². The van der Waals surface area contributed by atoms with Crippen molar-refractivity contribution in [3.8, 4) is 0 Å². The fraction of sp³-hybridized carbons (Fsp3) is 0.750. The summed E-state index contributed by atoms with van der Waals surface area (Å²) in [5.74, 6) is 0.851. The molecule has 1 saturated heterocycles. The van der Waals surface area contributed by atoms with Crippen molar-refractivity contribution in [1.29, 1.82) is 0 Å². The lowest BCUT2D eigenvalue weighted by Gasteiger charge is -2.39. The lowest BCUT2D eigenvalue weighted by atomic mass is 9.90. The number of nitrogens with two attached hydrogens (primary N) is 1. The van der Waals surface area contributed by atoms with Gasteiger partial charge in [0.25, 0.3) is 0 Å². The molecule has 0 aromatic carbocycles. The molecular formula is C8H14N2. The topological polar surface area (TPSA) is 29.3 Å². The van der Waals surface area contributed by atoms with Crippen LogP contribution in [0.15, 0.2) is 11.8 Å². The van der Waals surface area contributed by atoms with Crippen LogP contribution in [0.1, 0.15) is 12.8 Å². The Kier molecular flexibility index (Phi) is 1.42. The van der Waals surface area contributed by atoms with Crippen LogP contribution in [-0.4, -0.2) is 24.5 Å². The Morgan fingerprint density at radius 1 is 1.50 bits per heavy atom. The highest BCUT2D eigenvalue weighted by molar-refractivity contribution is 5.12. The van der Waals surface area contributed by atoms with Crippen LogP contribution < -0.4 is 5.73 Å². The molecule has 3 aliphatic rings. The van der Waals surface area contributed by atoms with Gasteiger partial charge in [0.05, 0.1) is 0 Å². The summed E-state index contributed by atoms with van der Waals surface area (Å²) < 4.78 is 0. The van der Waals surface area contributed by atoms with Gasteiger partial charge >= 0.3 is 0 Å². The van der Waals surface area contributed by atoms with E-state index in [0.29, 0.717) is 0 Å². The van der Waals surface area contributed by atoms with Crippen molar-refractivity contribution in [3.63, 3.8) is 0 Å². The largest absolute Gasteiger partial charge is 0.374 e. The van der Waals surface area contributed by atoms with Crippen LogP contribution in [-0.2, 0) is 0 Å². The first kappa shape index (κ1) is 6.23. The van der Waals surface area contributed by atoms with E-state index >= 15 is 0 Å². The van der Waals surface area contributed by atoms with Gasteiger partial charge in [-0.15, -0.1) is 0 Å². The van der Waals surface area contributed by atoms with Crippen LogP contribution in [0.3, 0.4) is 0 Å². The van der Waals surface area contributed by atoms with Crippen LogP contribution in [0.5, 0.6) is 0 Å². The van der Waals surface area contributed by atoms with Crippen LogP contribution in [0, 0.1) is 5.92 Å². The van der Waals surface area contributed by atoms with Gasteiger partial charge in [-0.3, -0.25) is 0 Å². The fourth-order valence-electron chi connectivity index (χ4n) is 1.93. The Morgan fingerprint density at radius 2 is 2.20 bits per heavy atom. The molecule has 2 nitrogen and oxygen atoms in total. The normalized spacial score (nSPS) is 25.3. The molecule has 0 aromatic heterocycles. The predicted octanol–water partition coefficient (Wildman–Crippen LogP) is 0.555. The summed E-state index contributed by atoms with van der Waals surface area (Å²) in [7, 11) is 0. The standard InChI is InChI=1S/C8H14N2/c9-6-8-5-7-1-3-10(8)4-2-7/h5,7H,1-4,6,9H2. The number of hydrogen-bond acceptors (Lipinski definition) is 2. The molecule has 0 aromatic rings. The van der Waals surface area contributed by atoms with Gasteiger partial charge in [0, 0.05) is 25.3 Å². The van der Waals surface area contributed by atoms with Gasteiger partial charge in [-0.2, -0.15) is 0 Å². The zero-order valence-electron chi connectivity index (χ0n) is 6.21. The first-order chi connectivity index (χ1) is 4.90. The van der Waals surface area contributed by atoms with Crippen LogP contribution in [0.4, 0.5) is 0 Å². The minimum atomic E-state index is 0.733. The van der Waals surface area contributed by atoms with Crippen molar-refractivity contribution >= 4 is 0 Å². The lowest BCUT2D eigenvalue weighted by molar-refractivity contribution is 0.217. The van der Waals surface area contributed by atoms with Gasteiger partial charge in [-0.1, -0.05) is 6.08 Å². The molecule has 0 saturated carbocycles. The molecule has 0 aliphatic carbocycles. The Morgan fingerprint density at radius 3 is 2.50 bits per heavy atom. The van der Waals surface area contributed by atoms with Gasteiger partial charge in [0.2, 0.25) is 0 Å². The van der Waals surface area contributed by atoms with E-state index in [1.165, 1.54) is 31.6 Å². The second kappa shape index (κ2) is 2.27. The number of allylic oxidation sites excluding steroid dienone is 1. The van der Waals surface area contributed by atoms with Crippen LogP contribution >= 0.6 is 0 Å². The molecule has 2 bridgehead atoms. The quantitative estimate of drug-likeness (QED) is 0.573. The van der Waals surface area contributed by atoms with E-state index in [9.17, 15) is 0 Å². The molecule has 0 unspecified atom stereocenters. The third-order valence-corrected chi connectivity index (χ3v) is 2.58. The number of piperidine rings is 1. The molecule has 2 heteroatoms. The minimum absolute atomic E-state index is 0.733. The Hall–Kier alpha value is -0.500. The molecule has 0 radical (unpaired) electrons. The van der Waals surface area contributed by atoms with E-state index in [-0.39, 0.29) is 0 Å². The first-order valence-corrected chi connectivity index (χ1v) is 4.06. The maximum Gasteiger partial charge on any atom is 0.0327 e. The molecule has 2 N–H and O–H groups in total. The minimum Gasteiger partial charge on any atom is -0.374 e. The lowest BCUT2D eigenvalue weighted by Crippen LogP contribution is -2.39. The molecule has 3 heterocycles. The molecule has 10 heavy (non-hydrogen) atoms. The van der Waals surface area contributed by atoms with Gasteiger partial charge in [-0.05, 0) is 18.8 Å². The van der Waals surface area contributed by atoms with Crippen LogP contribution in [0.2, 0.25) is 0 Å². The molecular weight excluding hydrogens is 124 g/mol. The zero-order valence-corrected chi connectivity index (χ0v) is 6.21. The van der Waals surface area contributed by atoms with Crippen molar-refractivity contribution in [2.45, 2.75) is 12.8 Å². The van der Waals surface area contributed by atoms with E-state index in [4.69, 9.17) is 5.73 Å². The van der Waals surface area contributed by atoms with Crippen molar-refractivity contribution in [1.82, 2.24) is 4.90 Å². The fourth-order valence-corrected chi connectivity index (χ4v) is 1.93. The summed E-state index contributed by atoms with van der Waals surface area (Å²) in [4.78, 5) is 2.42. The molecule has 3 rings (SSSR count). The molecule has 0 spiro atoms. The van der Waals surface area contributed by atoms with E-state index in [0.717, 1.165) is 12.5 Å². The van der Waals surface area contributed by atoms with Crippen molar-refractivity contribution in [2.24, 2.45) is 11.7 Å². The Balaban J connectivity index is 2.19.